The van der Waals surface area contributed by atoms with E-state index in [0.717, 1.165) is 25.7 Å². The predicted octanol–water partition coefficient (Wildman–Crippen LogP) is -0.946. The molecule has 0 heterocycles. The van der Waals surface area contributed by atoms with Gasteiger partial charge in [-0.2, -0.15) is 0 Å². The van der Waals surface area contributed by atoms with Gasteiger partial charge in [0.1, 0.15) is 0 Å². The Kier molecular flexibility index (Phi) is 6.57. The summed E-state index contributed by atoms with van der Waals surface area (Å²) in [5.74, 6) is 0. The third kappa shape index (κ3) is 4.52. The van der Waals surface area contributed by atoms with Crippen molar-refractivity contribution >= 4 is 8.60 Å². The Balaban J connectivity index is 0. The van der Waals surface area contributed by atoms with Crippen LogP contribution < -0.4 is 29.6 Å². The molecule has 68 valence electrons. The van der Waals surface area contributed by atoms with Crippen LogP contribution in [0.3, 0.4) is 0 Å². The molecule has 0 aromatic heterocycles. The molecule has 0 unspecified atom stereocenters. The fraction of sp³-hybridized carbons (Fsp3) is 1.00. The van der Waals surface area contributed by atoms with E-state index >= 15 is 0 Å². The molecular weight excluding hydrogens is 186 g/mol. The first-order valence-corrected chi connectivity index (χ1v) is 5.16. The minimum atomic E-state index is -2.17. The first-order chi connectivity index (χ1) is 5.12. The van der Waals surface area contributed by atoms with Gasteiger partial charge < -0.3 is 15.7 Å². The molecule has 3 nitrogen and oxygen atoms in total. The van der Waals surface area contributed by atoms with Gasteiger partial charge in [-0.1, -0.05) is 19.3 Å². The van der Waals surface area contributed by atoms with Crippen molar-refractivity contribution in [2.75, 3.05) is 0 Å². The van der Waals surface area contributed by atoms with Crippen LogP contribution in [0.4, 0.5) is 0 Å². The molecule has 0 amide bonds. The summed E-state index contributed by atoms with van der Waals surface area (Å²) in [6.45, 7) is 1.95. The van der Waals surface area contributed by atoms with Gasteiger partial charge in [0.2, 0.25) is 0 Å². The van der Waals surface area contributed by atoms with Crippen molar-refractivity contribution in [3.63, 3.8) is 0 Å². The zero-order valence-corrected chi connectivity index (χ0v) is 10.7. The zero-order chi connectivity index (χ0) is 8.32. The summed E-state index contributed by atoms with van der Waals surface area (Å²) >= 11 is 0. The molecule has 0 aliphatic heterocycles. The Labute approximate surface area is 98.3 Å². The van der Waals surface area contributed by atoms with Crippen molar-refractivity contribution in [2.45, 2.75) is 44.6 Å². The van der Waals surface area contributed by atoms with Crippen LogP contribution in [0.1, 0.15) is 40.5 Å². The molecule has 1 aliphatic rings. The first-order valence-electron chi connectivity index (χ1n) is 3.99. The topological polar surface area (TPSA) is 49.7 Å². The van der Waals surface area contributed by atoms with E-state index in [4.69, 9.17) is 14.3 Å². The van der Waals surface area contributed by atoms with Gasteiger partial charge in [0.15, 0.2) is 0 Å². The van der Waals surface area contributed by atoms with Crippen molar-refractivity contribution < 1.29 is 45.3 Å². The molecule has 1 aliphatic carbocycles. The molecular formula is C7H16NaO3P. The molecule has 1 rings (SSSR count). The maximum atomic E-state index is 8.67. The summed E-state index contributed by atoms with van der Waals surface area (Å²) in [6, 6.07) is 0. The van der Waals surface area contributed by atoms with Crippen molar-refractivity contribution in [3.05, 3.63) is 0 Å². The molecule has 5 heteroatoms. The summed E-state index contributed by atoms with van der Waals surface area (Å²) in [6.07, 6.45) is 5.42. The van der Waals surface area contributed by atoms with Gasteiger partial charge in [-0.3, -0.25) is 0 Å². The first kappa shape index (κ1) is 13.3. The van der Waals surface area contributed by atoms with E-state index in [9.17, 15) is 0 Å². The maximum Gasteiger partial charge on any atom is 1.00 e. The minimum absolute atomic E-state index is 0. The molecule has 1 fully saturated rings. The van der Waals surface area contributed by atoms with Crippen LogP contribution >= 0.6 is 8.60 Å². The minimum Gasteiger partial charge on any atom is -1.00 e. The molecule has 0 saturated heterocycles. The second-order valence-electron chi connectivity index (χ2n) is 3.35. The molecule has 0 aromatic rings. The molecule has 2 N–H and O–H groups in total. The Morgan fingerprint density at radius 1 is 1.25 bits per heavy atom. The summed E-state index contributed by atoms with van der Waals surface area (Å²) in [5, 5.41) is 0. The van der Waals surface area contributed by atoms with Crippen LogP contribution in [-0.4, -0.2) is 15.4 Å². The summed E-state index contributed by atoms with van der Waals surface area (Å²) in [5.41, 5.74) is -0.270. The Morgan fingerprint density at radius 2 is 1.75 bits per heavy atom. The van der Waals surface area contributed by atoms with Gasteiger partial charge in [0.05, 0.1) is 5.60 Å². The van der Waals surface area contributed by atoms with Crippen LogP contribution in [0, 0.1) is 0 Å². The summed E-state index contributed by atoms with van der Waals surface area (Å²) in [7, 11) is -2.17. The van der Waals surface area contributed by atoms with Crippen LogP contribution in [0.2, 0.25) is 0 Å². The van der Waals surface area contributed by atoms with Crippen LogP contribution in [-0.2, 0) is 4.52 Å². The molecule has 0 bridgehead atoms. The second kappa shape index (κ2) is 5.92. The van der Waals surface area contributed by atoms with E-state index in [-0.39, 0.29) is 36.6 Å². The molecule has 0 spiro atoms. The molecule has 12 heavy (non-hydrogen) atoms. The summed E-state index contributed by atoms with van der Waals surface area (Å²) < 4.78 is 5.05. The van der Waals surface area contributed by atoms with Crippen molar-refractivity contribution in [3.8, 4) is 0 Å². The Bertz CT molecular complexity index is 131. The Hall–Kier alpha value is 1.31. The zero-order valence-electron chi connectivity index (χ0n) is 8.79. The smallest absolute Gasteiger partial charge is 1.00 e. The van der Waals surface area contributed by atoms with Gasteiger partial charge in [-0.05, 0) is 19.8 Å². The van der Waals surface area contributed by atoms with E-state index < -0.39 is 8.60 Å². The molecule has 0 radical (unpaired) electrons. The molecule has 0 aromatic carbocycles. The van der Waals surface area contributed by atoms with E-state index in [1.165, 1.54) is 6.42 Å². The second-order valence-corrected chi connectivity index (χ2v) is 4.04. The van der Waals surface area contributed by atoms with Crippen molar-refractivity contribution in [1.82, 2.24) is 0 Å². The largest absolute Gasteiger partial charge is 1.00 e. The SMILES string of the molecule is CC1(OP(O)O)CCCCC1.[H-].[Na+]. The van der Waals surface area contributed by atoms with Crippen molar-refractivity contribution in [1.29, 1.82) is 0 Å². The maximum absolute atomic E-state index is 8.67. The fourth-order valence-corrected chi connectivity index (χ4v) is 2.16. The predicted molar refractivity (Wildman–Crippen MR) is 45.0 cm³/mol. The normalized spacial score (nSPS) is 22.0. The van der Waals surface area contributed by atoms with E-state index in [2.05, 4.69) is 0 Å². The van der Waals surface area contributed by atoms with Crippen LogP contribution in [0.25, 0.3) is 0 Å². The fourth-order valence-electron chi connectivity index (χ4n) is 1.59. The van der Waals surface area contributed by atoms with Gasteiger partial charge in [0.25, 0.3) is 0 Å². The summed E-state index contributed by atoms with van der Waals surface area (Å²) in [4.78, 5) is 17.3. The van der Waals surface area contributed by atoms with Crippen LogP contribution in [0.15, 0.2) is 0 Å². The van der Waals surface area contributed by atoms with Crippen molar-refractivity contribution in [2.24, 2.45) is 0 Å². The quantitative estimate of drug-likeness (QED) is 0.448. The third-order valence-corrected chi connectivity index (χ3v) is 2.82. The van der Waals surface area contributed by atoms with Gasteiger partial charge in [0, 0.05) is 0 Å². The molecule has 0 atom stereocenters. The third-order valence-electron chi connectivity index (χ3n) is 2.21. The average Bonchev–Trinajstić information content (AvgIpc) is 1.85. The van der Waals surface area contributed by atoms with Gasteiger partial charge >= 0.3 is 38.2 Å². The monoisotopic (exact) mass is 202 g/mol. The number of rotatable bonds is 2. The van der Waals surface area contributed by atoms with Gasteiger partial charge in [-0.15, -0.1) is 0 Å². The average molecular weight is 202 g/mol. The van der Waals surface area contributed by atoms with E-state index in [0.29, 0.717) is 0 Å². The molecule has 1 saturated carbocycles. The number of hydrogen-bond acceptors (Lipinski definition) is 3. The number of hydrogen-bond donors (Lipinski definition) is 2. The van der Waals surface area contributed by atoms with E-state index in [1.54, 1.807) is 0 Å². The van der Waals surface area contributed by atoms with Gasteiger partial charge in [-0.25, -0.2) is 0 Å². The standard InChI is InChI=1S/C7H15O3P.Na.H/c1-7(10-11(8)9)5-3-2-4-6-7;;/h8-9H,2-6H2,1H3;;/q;+1;-1. The van der Waals surface area contributed by atoms with Crippen LogP contribution in [0.5, 0.6) is 0 Å². The Morgan fingerprint density at radius 3 is 2.17 bits per heavy atom. The van der Waals surface area contributed by atoms with E-state index in [1.807, 2.05) is 6.92 Å².